The van der Waals surface area contributed by atoms with Crippen LogP contribution in [0.15, 0.2) is 24.3 Å². The number of carbonyl (C=O) groups excluding carboxylic acids is 1. The lowest BCUT2D eigenvalue weighted by atomic mass is 10.2. The quantitative estimate of drug-likeness (QED) is 0.812. The Morgan fingerprint density at radius 3 is 3.06 bits per heavy atom. The Morgan fingerprint density at radius 1 is 1.50 bits per heavy atom. The van der Waals surface area contributed by atoms with E-state index < -0.39 is 0 Å². The van der Waals surface area contributed by atoms with Gasteiger partial charge in [0.2, 0.25) is 0 Å². The Balaban J connectivity index is 1.68. The van der Waals surface area contributed by atoms with Crippen molar-refractivity contribution in [2.45, 2.75) is 25.9 Å². The molecule has 0 aliphatic carbocycles. The maximum absolute atomic E-state index is 11.6. The highest BCUT2D eigenvalue weighted by molar-refractivity contribution is 5.70. The molecule has 0 bridgehead atoms. The lowest BCUT2D eigenvalue weighted by Gasteiger charge is -2.11. The molecule has 18 heavy (non-hydrogen) atoms. The van der Waals surface area contributed by atoms with E-state index in [9.17, 15) is 4.79 Å². The van der Waals surface area contributed by atoms with Gasteiger partial charge in [0.1, 0.15) is 6.10 Å². The van der Waals surface area contributed by atoms with Crippen LogP contribution in [0.4, 0.5) is 5.69 Å². The maximum Gasteiger partial charge on any atom is 0.307 e. The zero-order valence-corrected chi connectivity index (χ0v) is 10.6. The number of rotatable bonds is 5. The zero-order chi connectivity index (χ0) is 12.8. The van der Waals surface area contributed by atoms with Crippen LogP contribution in [0.2, 0.25) is 0 Å². The number of nitrogens with one attached hydrogen (secondary N) is 1. The van der Waals surface area contributed by atoms with Crippen molar-refractivity contribution in [2.24, 2.45) is 0 Å². The van der Waals surface area contributed by atoms with Gasteiger partial charge in [-0.2, -0.15) is 0 Å². The van der Waals surface area contributed by atoms with Crippen LogP contribution < -0.4 is 5.32 Å². The Hall–Kier alpha value is -1.55. The number of anilines is 1. The van der Waals surface area contributed by atoms with Crippen molar-refractivity contribution in [3.05, 3.63) is 29.8 Å². The van der Waals surface area contributed by atoms with E-state index in [4.69, 9.17) is 9.47 Å². The highest BCUT2D eigenvalue weighted by Crippen LogP contribution is 2.13. The van der Waals surface area contributed by atoms with Crippen LogP contribution in [-0.4, -0.2) is 31.8 Å². The van der Waals surface area contributed by atoms with Gasteiger partial charge in [0, 0.05) is 18.7 Å². The number of esters is 1. The van der Waals surface area contributed by atoms with Gasteiger partial charge in [-0.15, -0.1) is 0 Å². The highest BCUT2D eigenvalue weighted by Gasteiger charge is 2.19. The summed E-state index contributed by atoms with van der Waals surface area (Å²) in [5.41, 5.74) is 2.24. The maximum atomic E-state index is 11.6. The van der Waals surface area contributed by atoms with E-state index in [0.717, 1.165) is 12.1 Å². The lowest BCUT2D eigenvalue weighted by molar-refractivity contribution is -0.148. The predicted octanol–water partition coefficient (Wildman–Crippen LogP) is 2.13. The van der Waals surface area contributed by atoms with Crippen LogP contribution in [-0.2, 0) is 14.3 Å². The third-order valence-corrected chi connectivity index (χ3v) is 2.98. The fraction of sp³-hybridized carbons (Fsp3) is 0.500. The molecule has 1 aliphatic rings. The molecule has 1 unspecified atom stereocenters. The molecule has 4 heteroatoms. The van der Waals surface area contributed by atoms with Crippen LogP contribution in [0.5, 0.6) is 0 Å². The smallest absolute Gasteiger partial charge is 0.307 e. The molecule has 1 heterocycles. The normalized spacial score (nSPS) is 18.6. The van der Waals surface area contributed by atoms with Gasteiger partial charge in [-0.1, -0.05) is 18.2 Å². The first kappa shape index (κ1) is 12.9. The lowest BCUT2D eigenvalue weighted by Crippen LogP contribution is -2.20. The molecule has 1 saturated heterocycles. The minimum Gasteiger partial charge on any atom is -0.460 e. The molecule has 1 fully saturated rings. The van der Waals surface area contributed by atoms with Gasteiger partial charge >= 0.3 is 5.97 Å². The van der Waals surface area contributed by atoms with Crippen molar-refractivity contribution in [1.29, 1.82) is 0 Å². The first-order valence-electron chi connectivity index (χ1n) is 6.32. The van der Waals surface area contributed by atoms with Gasteiger partial charge in [0.05, 0.1) is 19.6 Å². The fourth-order valence-electron chi connectivity index (χ4n) is 1.92. The molecule has 0 aromatic heterocycles. The van der Waals surface area contributed by atoms with Gasteiger partial charge in [-0.05, 0) is 18.6 Å². The number of carbonyl (C=O) groups is 1. The molecule has 0 spiro atoms. The van der Waals surface area contributed by atoms with E-state index in [2.05, 4.69) is 5.32 Å². The molecule has 98 valence electrons. The summed E-state index contributed by atoms with van der Waals surface area (Å²) < 4.78 is 10.4. The van der Waals surface area contributed by atoms with Gasteiger partial charge in [-0.25, -0.2) is 0 Å². The third kappa shape index (κ3) is 3.74. The predicted molar refractivity (Wildman–Crippen MR) is 69.6 cm³/mol. The molecule has 1 atom stereocenters. The Labute approximate surface area is 107 Å². The van der Waals surface area contributed by atoms with Crippen molar-refractivity contribution >= 4 is 11.7 Å². The van der Waals surface area contributed by atoms with E-state index in [1.165, 1.54) is 5.56 Å². The molecule has 0 radical (unpaired) electrons. The third-order valence-electron chi connectivity index (χ3n) is 2.98. The van der Waals surface area contributed by atoms with Crippen molar-refractivity contribution in [2.75, 3.05) is 25.1 Å². The van der Waals surface area contributed by atoms with E-state index in [-0.39, 0.29) is 12.1 Å². The summed E-state index contributed by atoms with van der Waals surface area (Å²) >= 11 is 0. The van der Waals surface area contributed by atoms with Gasteiger partial charge < -0.3 is 14.8 Å². The molecular formula is C14H19NO3. The van der Waals surface area contributed by atoms with Crippen molar-refractivity contribution in [3.63, 3.8) is 0 Å². The van der Waals surface area contributed by atoms with Gasteiger partial charge in [0.15, 0.2) is 0 Å². The Morgan fingerprint density at radius 2 is 2.33 bits per heavy atom. The van der Waals surface area contributed by atoms with E-state index in [0.29, 0.717) is 26.2 Å². The first-order valence-corrected chi connectivity index (χ1v) is 6.32. The van der Waals surface area contributed by atoms with Crippen LogP contribution >= 0.6 is 0 Å². The topological polar surface area (TPSA) is 47.6 Å². The average molecular weight is 249 g/mol. The number of hydrogen-bond acceptors (Lipinski definition) is 4. The second kappa shape index (κ2) is 6.40. The average Bonchev–Trinajstić information content (AvgIpc) is 2.84. The Kier molecular flexibility index (Phi) is 4.59. The number of para-hydroxylation sites is 1. The number of ether oxygens (including phenoxy) is 2. The molecule has 1 N–H and O–H groups in total. The molecule has 1 aromatic rings. The van der Waals surface area contributed by atoms with E-state index in [1.807, 2.05) is 31.2 Å². The van der Waals surface area contributed by atoms with Gasteiger partial charge in [-0.3, -0.25) is 4.79 Å². The zero-order valence-electron chi connectivity index (χ0n) is 10.6. The highest BCUT2D eigenvalue weighted by atomic mass is 16.6. The summed E-state index contributed by atoms with van der Waals surface area (Å²) in [5, 5.41) is 3.24. The molecular weight excluding hydrogens is 230 g/mol. The summed E-state index contributed by atoms with van der Waals surface area (Å²) in [7, 11) is 0. The minimum atomic E-state index is -0.161. The van der Waals surface area contributed by atoms with Crippen LogP contribution in [0, 0.1) is 6.92 Å². The van der Waals surface area contributed by atoms with Crippen LogP contribution in [0.25, 0.3) is 0 Å². The molecule has 4 nitrogen and oxygen atoms in total. The largest absolute Gasteiger partial charge is 0.460 e. The molecule has 1 aromatic carbocycles. The second-order valence-electron chi connectivity index (χ2n) is 4.47. The first-order chi connectivity index (χ1) is 8.75. The summed E-state index contributed by atoms with van der Waals surface area (Å²) in [6, 6.07) is 8.01. The summed E-state index contributed by atoms with van der Waals surface area (Å²) in [6.07, 6.45) is 1.15. The standard InChI is InChI=1S/C14H19NO3/c1-11-4-2-3-5-13(11)15-8-6-14(16)18-12-7-9-17-10-12/h2-5,12,15H,6-10H2,1H3. The van der Waals surface area contributed by atoms with E-state index >= 15 is 0 Å². The fourth-order valence-corrected chi connectivity index (χ4v) is 1.92. The number of benzene rings is 1. The second-order valence-corrected chi connectivity index (χ2v) is 4.47. The van der Waals surface area contributed by atoms with Crippen molar-refractivity contribution in [1.82, 2.24) is 0 Å². The van der Waals surface area contributed by atoms with Crippen LogP contribution in [0.1, 0.15) is 18.4 Å². The molecule has 0 saturated carbocycles. The monoisotopic (exact) mass is 249 g/mol. The molecule has 1 aliphatic heterocycles. The SMILES string of the molecule is Cc1ccccc1NCCC(=O)OC1CCOC1. The number of hydrogen-bond donors (Lipinski definition) is 1. The summed E-state index contributed by atoms with van der Waals surface area (Å²) in [4.78, 5) is 11.6. The summed E-state index contributed by atoms with van der Waals surface area (Å²) in [5.74, 6) is -0.161. The Bertz CT molecular complexity index is 400. The van der Waals surface area contributed by atoms with E-state index in [1.54, 1.807) is 0 Å². The molecule has 2 rings (SSSR count). The van der Waals surface area contributed by atoms with Crippen LogP contribution in [0.3, 0.4) is 0 Å². The summed E-state index contributed by atoms with van der Waals surface area (Å²) in [6.45, 7) is 3.87. The minimum absolute atomic E-state index is 0.0454. The number of aryl methyl sites for hydroxylation is 1. The van der Waals surface area contributed by atoms with Crippen molar-refractivity contribution in [3.8, 4) is 0 Å². The van der Waals surface area contributed by atoms with Gasteiger partial charge in [0.25, 0.3) is 0 Å². The van der Waals surface area contributed by atoms with Crippen molar-refractivity contribution < 1.29 is 14.3 Å². The molecule has 0 amide bonds.